The Kier molecular flexibility index (Phi) is 3.84. The monoisotopic (exact) mass is 247 g/mol. The highest BCUT2D eigenvalue weighted by Crippen LogP contribution is 2.27. The van der Waals surface area contributed by atoms with E-state index in [1.165, 1.54) is 4.90 Å². The van der Waals surface area contributed by atoms with Crippen LogP contribution in [0.5, 0.6) is 0 Å². The summed E-state index contributed by atoms with van der Waals surface area (Å²) in [4.78, 5) is 34.2. The van der Waals surface area contributed by atoms with Gasteiger partial charge >= 0.3 is 0 Å². The molecule has 0 radical (unpaired) electrons. The first-order valence-corrected chi connectivity index (χ1v) is 5.63. The van der Waals surface area contributed by atoms with Gasteiger partial charge in [0.25, 0.3) is 0 Å². The Morgan fingerprint density at radius 2 is 1.94 bits per heavy atom. The first-order valence-electron chi connectivity index (χ1n) is 5.63. The van der Waals surface area contributed by atoms with Crippen LogP contribution in [0.3, 0.4) is 0 Å². The van der Waals surface area contributed by atoms with Crippen LogP contribution < -0.4 is 0 Å². The second-order valence-corrected chi connectivity index (χ2v) is 4.00. The Balaban J connectivity index is 2.04. The highest BCUT2D eigenvalue weighted by atomic mass is 16.5. The number of ether oxygens (including phenoxy) is 1. The molecule has 5 heteroatoms. The van der Waals surface area contributed by atoms with Gasteiger partial charge in [-0.25, -0.2) is 0 Å². The van der Waals surface area contributed by atoms with Crippen LogP contribution in [0.1, 0.15) is 5.56 Å². The fraction of sp³-hybridized carbons (Fsp3) is 0.308. The van der Waals surface area contributed by atoms with Gasteiger partial charge in [-0.05, 0) is 5.56 Å². The third kappa shape index (κ3) is 2.31. The summed E-state index contributed by atoms with van der Waals surface area (Å²) in [6.07, 6.45) is 0.547. The lowest BCUT2D eigenvalue weighted by atomic mass is 9.96. The maximum atomic E-state index is 11.7. The van der Waals surface area contributed by atoms with Crippen molar-refractivity contribution in [2.24, 2.45) is 5.92 Å². The number of nitrogens with zero attached hydrogens (tertiary/aromatic N) is 1. The molecule has 1 aliphatic heterocycles. The van der Waals surface area contributed by atoms with Crippen molar-refractivity contribution in [2.75, 3.05) is 6.61 Å². The van der Waals surface area contributed by atoms with Crippen LogP contribution in [0.15, 0.2) is 30.3 Å². The van der Waals surface area contributed by atoms with Crippen molar-refractivity contribution in [1.82, 2.24) is 4.90 Å². The molecule has 1 amide bonds. The van der Waals surface area contributed by atoms with E-state index in [0.717, 1.165) is 5.56 Å². The van der Waals surface area contributed by atoms with Crippen molar-refractivity contribution in [3.05, 3.63) is 35.9 Å². The number of hydrogen-bond acceptors (Lipinski definition) is 4. The van der Waals surface area contributed by atoms with Crippen LogP contribution >= 0.6 is 0 Å². The minimum Gasteiger partial charge on any atom is -0.350 e. The molecule has 2 unspecified atom stereocenters. The van der Waals surface area contributed by atoms with Crippen molar-refractivity contribution in [3.8, 4) is 0 Å². The molecule has 0 N–H and O–H groups in total. The molecule has 2 atom stereocenters. The summed E-state index contributed by atoms with van der Waals surface area (Å²) in [5.74, 6) is -1.04. The lowest BCUT2D eigenvalue weighted by Gasteiger charge is -2.43. The van der Waals surface area contributed by atoms with E-state index < -0.39 is 12.1 Å². The molecule has 0 aliphatic carbocycles. The van der Waals surface area contributed by atoms with E-state index in [0.29, 0.717) is 19.1 Å². The molecule has 0 aromatic heterocycles. The number of amides is 1. The standard InChI is InChI=1S/C13H13NO4/c15-6-7-18-13-11(9-16)12(17)14(13)8-10-4-2-1-3-5-10/h1-6,9,11,13H,7-8H2. The lowest BCUT2D eigenvalue weighted by Crippen LogP contribution is -2.62. The van der Waals surface area contributed by atoms with Crippen LogP contribution in [0.25, 0.3) is 0 Å². The number of benzene rings is 1. The molecular weight excluding hydrogens is 234 g/mol. The van der Waals surface area contributed by atoms with Crippen LogP contribution in [0, 0.1) is 5.92 Å². The van der Waals surface area contributed by atoms with E-state index >= 15 is 0 Å². The molecular formula is C13H13NO4. The predicted octanol–water partition coefficient (Wildman–Crippen LogP) is 0.385. The maximum Gasteiger partial charge on any atom is 0.239 e. The molecule has 0 spiro atoms. The molecule has 0 bridgehead atoms. The highest BCUT2D eigenvalue weighted by Gasteiger charge is 2.47. The van der Waals surface area contributed by atoms with E-state index in [2.05, 4.69) is 0 Å². The van der Waals surface area contributed by atoms with E-state index in [1.807, 2.05) is 30.3 Å². The third-order valence-electron chi connectivity index (χ3n) is 2.86. The minimum absolute atomic E-state index is 0.117. The van der Waals surface area contributed by atoms with Gasteiger partial charge in [0.2, 0.25) is 5.91 Å². The first kappa shape index (κ1) is 12.4. The summed E-state index contributed by atoms with van der Waals surface area (Å²) in [6.45, 7) is 0.265. The fourth-order valence-electron chi connectivity index (χ4n) is 1.96. The Morgan fingerprint density at radius 3 is 2.56 bits per heavy atom. The molecule has 1 fully saturated rings. The number of aldehydes is 2. The molecule has 1 saturated heterocycles. The van der Waals surface area contributed by atoms with Crippen LogP contribution in [-0.2, 0) is 25.7 Å². The highest BCUT2D eigenvalue weighted by molar-refractivity contribution is 5.97. The average molecular weight is 247 g/mol. The summed E-state index contributed by atoms with van der Waals surface area (Å²) >= 11 is 0. The zero-order valence-electron chi connectivity index (χ0n) is 9.69. The summed E-state index contributed by atoms with van der Waals surface area (Å²) in [7, 11) is 0. The Hall–Kier alpha value is -2.01. The maximum absolute atomic E-state index is 11.7. The largest absolute Gasteiger partial charge is 0.350 e. The quantitative estimate of drug-likeness (QED) is 0.414. The molecule has 1 aliphatic rings. The topological polar surface area (TPSA) is 63.7 Å². The molecule has 1 aromatic carbocycles. The third-order valence-corrected chi connectivity index (χ3v) is 2.86. The number of rotatable bonds is 6. The van der Waals surface area contributed by atoms with E-state index in [-0.39, 0.29) is 12.5 Å². The fourth-order valence-corrected chi connectivity index (χ4v) is 1.96. The molecule has 18 heavy (non-hydrogen) atoms. The summed E-state index contributed by atoms with van der Waals surface area (Å²) in [5, 5.41) is 0. The summed E-state index contributed by atoms with van der Waals surface area (Å²) in [6, 6.07) is 9.41. The minimum atomic E-state index is -0.784. The number of carbonyl (C=O) groups is 3. The second-order valence-electron chi connectivity index (χ2n) is 4.00. The summed E-state index contributed by atoms with van der Waals surface area (Å²) < 4.78 is 5.19. The van der Waals surface area contributed by atoms with Crippen molar-refractivity contribution in [1.29, 1.82) is 0 Å². The molecule has 94 valence electrons. The smallest absolute Gasteiger partial charge is 0.239 e. The van der Waals surface area contributed by atoms with Gasteiger partial charge in [-0.1, -0.05) is 30.3 Å². The van der Waals surface area contributed by atoms with Crippen LogP contribution in [-0.4, -0.2) is 36.2 Å². The Labute approximate surface area is 104 Å². The number of β-lactam (4-membered cyclic amide) rings is 1. The first-order chi connectivity index (χ1) is 8.77. The van der Waals surface area contributed by atoms with Crippen LogP contribution in [0.4, 0.5) is 0 Å². The van der Waals surface area contributed by atoms with Gasteiger partial charge in [0.05, 0.1) is 0 Å². The van der Waals surface area contributed by atoms with E-state index in [1.54, 1.807) is 0 Å². The van der Waals surface area contributed by atoms with Gasteiger partial charge in [0, 0.05) is 6.54 Å². The van der Waals surface area contributed by atoms with Crippen molar-refractivity contribution < 1.29 is 19.1 Å². The van der Waals surface area contributed by atoms with Crippen molar-refractivity contribution in [3.63, 3.8) is 0 Å². The van der Waals surface area contributed by atoms with Gasteiger partial charge in [-0.2, -0.15) is 0 Å². The van der Waals surface area contributed by atoms with Crippen molar-refractivity contribution >= 4 is 18.5 Å². The second kappa shape index (κ2) is 5.55. The average Bonchev–Trinajstić information content (AvgIpc) is 2.41. The van der Waals surface area contributed by atoms with Gasteiger partial charge in [-0.3, -0.25) is 4.79 Å². The van der Waals surface area contributed by atoms with E-state index in [4.69, 9.17) is 4.74 Å². The Morgan fingerprint density at radius 1 is 1.22 bits per heavy atom. The predicted molar refractivity (Wildman–Crippen MR) is 62.4 cm³/mol. The SMILES string of the molecule is O=CCOC1C(C=O)C(=O)N1Cc1ccccc1. The number of carbonyl (C=O) groups excluding carboxylic acids is 3. The lowest BCUT2D eigenvalue weighted by molar-refractivity contribution is -0.192. The van der Waals surface area contributed by atoms with Crippen molar-refractivity contribution in [2.45, 2.75) is 12.8 Å². The molecule has 0 saturated carbocycles. The zero-order valence-corrected chi connectivity index (χ0v) is 9.69. The molecule has 1 heterocycles. The van der Waals surface area contributed by atoms with Gasteiger partial charge in [0.1, 0.15) is 25.1 Å². The van der Waals surface area contributed by atoms with Gasteiger partial charge in [-0.15, -0.1) is 0 Å². The zero-order chi connectivity index (χ0) is 13.0. The summed E-state index contributed by atoms with van der Waals surface area (Å²) in [5.41, 5.74) is 0.954. The molecule has 2 rings (SSSR count). The van der Waals surface area contributed by atoms with E-state index in [9.17, 15) is 14.4 Å². The van der Waals surface area contributed by atoms with Gasteiger partial charge < -0.3 is 19.2 Å². The van der Waals surface area contributed by atoms with Crippen LogP contribution in [0.2, 0.25) is 0 Å². The Bertz CT molecular complexity index is 446. The normalized spacial score (nSPS) is 22.4. The molecule has 5 nitrogen and oxygen atoms in total. The van der Waals surface area contributed by atoms with Gasteiger partial charge in [0.15, 0.2) is 6.23 Å². The molecule has 1 aromatic rings. The number of hydrogen-bond donors (Lipinski definition) is 0. The number of likely N-dealkylation sites (tertiary alicyclic amines) is 1.